The topological polar surface area (TPSA) is 56.0 Å². The molecule has 0 saturated heterocycles. The highest BCUT2D eigenvalue weighted by molar-refractivity contribution is 5.81. The molecule has 3 rings (SSSR count). The first kappa shape index (κ1) is 13.0. The van der Waals surface area contributed by atoms with Gasteiger partial charge in [0.2, 0.25) is 5.89 Å². The van der Waals surface area contributed by atoms with Gasteiger partial charge in [0.25, 0.3) is 0 Å². The van der Waals surface area contributed by atoms with E-state index in [-0.39, 0.29) is 11.7 Å². The van der Waals surface area contributed by atoms with E-state index in [4.69, 9.17) is 4.52 Å². The van der Waals surface area contributed by atoms with Crippen LogP contribution in [0.2, 0.25) is 0 Å². The summed E-state index contributed by atoms with van der Waals surface area (Å²) in [7, 11) is 0. The largest absolute Gasteiger partial charge is 0.339 e. The van der Waals surface area contributed by atoms with Gasteiger partial charge in [0, 0.05) is 5.92 Å². The number of hydrogen-bond acceptors (Lipinski definition) is 4. The normalized spacial score (nSPS) is 19.4. The van der Waals surface area contributed by atoms with Crippen LogP contribution in [0.5, 0.6) is 0 Å². The van der Waals surface area contributed by atoms with E-state index in [1.54, 1.807) is 13.8 Å². The van der Waals surface area contributed by atoms with Crippen molar-refractivity contribution in [2.45, 2.75) is 44.9 Å². The van der Waals surface area contributed by atoms with Crippen molar-refractivity contribution < 1.29 is 9.32 Å². The summed E-state index contributed by atoms with van der Waals surface area (Å²) < 4.78 is 5.25. The SMILES string of the molecule is CC(=O)C(C)c1nc(C2CCc3ccccc3C2)no1. The third kappa shape index (κ3) is 2.38. The zero-order valence-corrected chi connectivity index (χ0v) is 11.8. The fourth-order valence-electron chi connectivity index (χ4n) is 2.68. The maximum Gasteiger partial charge on any atom is 0.236 e. The summed E-state index contributed by atoms with van der Waals surface area (Å²) in [4.78, 5) is 15.8. The zero-order valence-electron chi connectivity index (χ0n) is 11.8. The Kier molecular flexibility index (Phi) is 3.38. The highest BCUT2D eigenvalue weighted by Gasteiger charge is 2.26. The van der Waals surface area contributed by atoms with Crippen molar-refractivity contribution >= 4 is 5.78 Å². The molecule has 0 radical (unpaired) electrons. The Morgan fingerprint density at radius 1 is 1.35 bits per heavy atom. The van der Waals surface area contributed by atoms with E-state index in [1.807, 2.05) is 0 Å². The van der Waals surface area contributed by atoms with Crippen molar-refractivity contribution in [1.82, 2.24) is 10.1 Å². The van der Waals surface area contributed by atoms with Gasteiger partial charge in [0.15, 0.2) is 5.82 Å². The average Bonchev–Trinajstić information content (AvgIpc) is 2.95. The van der Waals surface area contributed by atoms with Gasteiger partial charge in [0.1, 0.15) is 5.78 Å². The highest BCUT2D eigenvalue weighted by Crippen LogP contribution is 2.31. The molecule has 4 nitrogen and oxygen atoms in total. The second-order valence-electron chi connectivity index (χ2n) is 5.53. The molecule has 2 atom stereocenters. The number of ketones is 1. The monoisotopic (exact) mass is 270 g/mol. The minimum absolute atomic E-state index is 0.0502. The number of benzene rings is 1. The number of fused-ring (bicyclic) bond motifs is 1. The van der Waals surface area contributed by atoms with Gasteiger partial charge < -0.3 is 4.52 Å². The summed E-state index contributed by atoms with van der Waals surface area (Å²) >= 11 is 0. The first-order chi connectivity index (χ1) is 9.65. The fraction of sp³-hybridized carbons (Fsp3) is 0.438. The maximum absolute atomic E-state index is 11.4. The van der Waals surface area contributed by atoms with Crippen LogP contribution in [0.1, 0.15) is 54.9 Å². The van der Waals surface area contributed by atoms with Crippen LogP contribution in [0.4, 0.5) is 0 Å². The van der Waals surface area contributed by atoms with Gasteiger partial charge in [-0.2, -0.15) is 4.98 Å². The number of Topliss-reactive ketones (excluding diaryl/α,β-unsaturated/α-hetero) is 1. The lowest BCUT2D eigenvalue weighted by atomic mass is 9.83. The molecule has 1 aliphatic carbocycles. The molecule has 4 heteroatoms. The lowest BCUT2D eigenvalue weighted by Gasteiger charge is -2.21. The molecule has 0 fully saturated rings. The van der Waals surface area contributed by atoms with Crippen LogP contribution in [-0.2, 0) is 17.6 Å². The molecule has 104 valence electrons. The highest BCUT2D eigenvalue weighted by atomic mass is 16.5. The van der Waals surface area contributed by atoms with E-state index in [9.17, 15) is 4.79 Å². The van der Waals surface area contributed by atoms with Crippen molar-refractivity contribution in [1.29, 1.82) is 0 Å². The number of carbonyl (C=O) groups is 1. The first-order valence-corrected chi connectivity index (χ1v) is 7.06. The van der Waals surface area contributed by atoms with Gasteiger partial charge >= 0.3 is 0 Å². The molecule has 0 bridgehead atoms. The molecule has 1 aliphatic rings. The smallest absolute Gasteiger partial charge is 0.236 e. The summed E-state index contributed by atoms with van der Waals surface area (Å²) in [6.07, 6.45) is 3.03. The molecule has 0 saturated carbocycles. The Morgan fingerprint density at radius 2 is 2.10 bits per heavy atom. The van der Waals surface area contributed by atoms with Crippen LogP contribution in [0.3, 0.4) is 0 Å². The van der Waals surface area contributed by atoms with Gasteiger partial charge in [-0.05, 0) is 44.2 Å². The molecule has 1 heterocycles. The van der Waals surface area contributed by atoms with E-state index in [2.05, 4.69) is 34.4 Å². The number of rotatable bonds is 3. The zero-order chi connectivity index (χ0) is 14.1. The van der Waals surface area contributed by atoms with Gasteiger partial charge in [-0.15, -0.1) is 0 Å². The lowest BCUT2D eigenvalue weighted by molar-refractivity contribution is -0.118. The lowest BCUT2D eigenvalue weighted by Crippen LogP contribution is -2.14. The minimum atomic E-state index is -0.313. The Labute approximate surface area is 118 Å². The van der Waals surface area contributed by atoms with Crippen LogP contribution in [0.15, 0.2) is 28.8 Å². The predicted molar refractivity (Wildman–Crippen MR) is 74.6 cm³/mol. The van der Waals surface area contributed by atoms with Crippen LogP contribution in [0.25, 0.3) is 0 Å². The molecule has 2 unspecified atom stereocenters. The van der Waals surface area contributed by atoms with E-state index in [0.717, 1.165) is 25.1 Å². The van der Waals surface area contributed by atoms with Gasteiger partial charge in [-0.1, -0.05) is 29.4 Å². The summed E-state index contributed by atoms with van der Waals surface area (Å²) in [5.74, 6) is 1.21. The Morgan fingerprint density at radius 3 is 2.85 bits per heavy atom. The molecule has 1 aromatic heterocycles. The number of hydrogen-bond donors (Lipinski definition) is 0. The van der Waals surface area contributed by atoms with Gasteiger partial charge in [0.05, 0.1) is 5.92 Å². The molecule has 0 spiro atoms. The van der Waals surface area contributed by atoms with Crippen LogP contribution < -0.4 is 0 Å². The molecule has 0 amide bonds. The fourth-order valence-corrected chi connectivity index (χ4v) is 2.68. The second kappa shape index (κ2) is 5.19. The third-order valence-electron chi connectivity index (χ3n) is 4.15. The van der Waals surface area contributed by atoms with E-state index in [1.165, 1.54) is 11.1 Å². The van der Waals surface area contributed by atoms with Crippen LogP contribution in [-0.4, -0.2) is 15.9 Å². The van der Waals surface area contributed by atoms with Crippen molar-refractivity contribution in [3.8, 4) is 0 Å². The van der Waals surface area contributed by atoms with Crippen molar-refractivity contribution in [3.63, 3.8) is 0 Å². The first-order valence-electron chi connectivity index (χ1n) is 7.06. The second-order valence-corrected chi connectivity index (χ2v) is 5.53. The molecule has 20 heavy (non-hydrogen) atoms. The van der Waals surface area contributed by atoms with E-state index < -0.39 is 0 Å². The van der Waals surface area contributed by atoms with E-state index in [0.29, 0.717) is 11.8 Å². The summed E-state index contributed by atoms with van der Waals surface area (Å²) in [6, 6.07) is 8.51. The van der Waals surface area contributed by atoms with E-state index >= 15 is 0 Å². The standard InChI is InChI=1S/C16H18N2O2/c1-10(11(2)19)16-17-15(18-20-16)14-8-7-12-5-3-4-6-13(12)9-14/h3-6,10,14H,7-9H2,1-2H3. The van der Waals surface area contributed by atoms with Crippen molar-refractivity contribution in [3.05, 3.63) is 47.1 Å². The Bertz CT molecular complexity index is 633. The van der Waals surface area contributed by atoms with Gasteiger partial charge in [-0.3, -0.25) is 4.79 Å². The summed E-state index contributed by atoms with van der Waals surface area (Å²) in [5.41, 5.74) is 2.79. The minimum Gasteiger partial charge on any atom is -0.339 e. The van der Waals surface area contributed by atoms with Gasteiger partial charge in [-0.25, -0.2) is 0 Å². The molecule has 1 aromatic carbocycles. The number of aryl methyl sites for hydroxylation is 1. The van der Waals surface area contributed by atoms with Crippen molar-refractivity contribution in [2.75, 3.05) is 0 Å². The van der Waals surface area contributed by atoms with Crippen LogP contribution >= 0.6 is 0 Å². The maximum atomic E-state index is 11.4. The van der Waals surface area contributed by atoms with Crippen molar-refractivity contribution in [2.24, 2.45) is 0 Å². The summed E-state index contributed by atoms with van der Waals surface area (Å²) in [6.45, 7) is 3.35. The summed E-state index contributed by atoms with van der Waals surface area (Å²) in [5, 5.41) is 4.08. The predicted octanol–water partition coefficient (Wildman–Crippen LogP) is 3.03. The molecule has 0 aliphatic heterocycles. The molecule has 2 aromatic rings. The average molecular weight is 270 g/mol. The molecular formula is C16H18N2O2. The van der Waals surface area contributed by atoms with Crippen LogP contribution in [0, 0.1) is 0 Å². The number of aromatic nitrogens is 2. The number of carbonyl (C=O) groups excluding carboxylic acids is 1. The quantitative estimate of drug-likeness (QED) is 0.860. The molecule has 0 N–H and O–H groups in total. The third-order valence-corrected chi connectivity index (χ3v) is 4.15. The Hall–Kier alpha value is -1.97. The number of nitrogens with zero attached hydrogens (tertiary/aromatic N) is 2. The molecular weight excluding hydrogens is 252 g/mol. The Balaban J connectivity index is 1.80.